The Hall–Kier alpha value is -2.21. The summed E-state index contributed by atoms with van der Waals surface area (Å²) in [5.41, 5.74) is -0.797. The smallest absolute Gasteiger partial charge is 0.416 e. The van der Waals surface area contributed by atoms with E-state index in [0.29, 0.717) is 10.8 Å². The molecule has 0 aliphatic carbocycles. The van der Waals surface area contributed by atoms with E-state index in [4.69, 9.17) is 16.3 Å². The van der Waals surface area contributed by atoms with E-state index < -0.39 is 23.8 Å². The van der Waals surface area contributed by atoms with Crippen LogP contribution in [0.4, 0.5) is 18.9 Å². The van der Waals surface area contributed by atoms with Crippen molar-refractivity contribution < 1.29 is 22.7 Å². The van der Waals surface area contributed by atoms with Crippen molar-refractivity contribution in [2.75, 3.05) is 5.32 Å². The van der Waals surface area contributed by atoms with Crippen LogP contribution in [-0.2, 0) is 11.0 Å². The van der Waals surface area contributed by atoms with Crippen LogP contribution < -0.4 is 10.1 Å². The van der Waals surface area contributed by atoms with Crippen LogP contribution in [0.25, 0.3) is 0 Å². The maximum atomic E-state index is 12.6. The second-order valence-corrected chi connectivity index (χ2v) is 5.17. The molecule has 1 unspecified atom stereocenters. The topological polar surface area (TPSA) is 38.3 Å². The molecular formula is C16H13ClF3NO2. The van der Waals surface area contributed by atoms with Crippen molar-refractivity contribution in [2.45, 2.75) is 19.2 Å². The Labute approximate surface area is 136 Å². The number of alkyl halides is 3. The highest BCUT2D eigenvalue weighted by molar-refractivity contribution is 6.32. The second kappa shape index (κ2) is 6.91. The molecule has 0 saturated heterocycles. The van der Waals surface area contributed by atoms with Gasteiger partial charge in [0.1, 0.15) is 5.75 Å². The molecule has 1 amide bonds. The van der Waals surface area contributed by atoms with Crippen molar-refractivity contribution in [1.82, 2.24) is 0 Å². The van der Waals surface area contributed by atoms with Gasteiger partial charge in [-0.05, 0) is 37.3 Å². The van der Waals surface area contributed by atoms with Gasteiger partial charge in [-0.25, -0.2) is 0 Å². The first kappa shape index (κ1) is 17.1. The average molecular weight is 344 g/mol. The van der Waals surface area contributed by atoms with Gasteiger partial charge in [0, 0.05) is 5.69 Å². The van der Waals surface area contributed by atoms with Crippen molar-refractivity contribution in [1.29, 1.82) is 0 Å². The highest BCUT2D eigenvalue weighted by Gasteiger charge is 2.30. The van der Waals surface area contributed by atoms with Gasteiger partial charge in [-0.15, -0.1) is 0 Å². The molecule has 0 fully saturated rings. The van der Waals surface area contributed by atoms with Crippen molar-refractivity contribution >= 4 is 23.2 Å². The molecule has 2 aromatic carbocycles. The molecule has 0 radical (unpaired) electrons. The molecule has 0 spiro atoms. The first-order valence-corrected chi connectivity index (χ1v) is 7.04. The molecule has 2 rings (SSSR count). The van der Waals surface area contributed by atoms with Gasteiger partial charge in [0.05, 0.1) is 10.6 Å². The molecule has 0 saturated carbocycles. The third-order valence-corrected chi connectivity index (χ3v) is 3.28. The fourth-order valence-corrected chi connectivity index (χ4v) is 1.98. The Morgan fingerprint density at radius 3 is 2.52 bits per heavy atom. The Bertz CT molecular complexity index is 704. The Morgan fingerprint density at radius 2 is 1.87 bits per heavy atom. The summed E-state index contributed by atoms with van der Waals surface area (Å²) < 4.78 is 43.3. The van der Waals surface area contributed by atoms with E-state index in [1.807, 2.05) is 0 Å². The second-order valence-electron chi connectivity index (χ2n) is 4.76. The number of rotatable bonds is 4. The normalized spacial score (nSPS) is 12.6. The summed E-state index contributed by atoms with van der Waals surface area (Å²) in [4.78, 5) is 12.0. The first-order valence-electron chi connectivity index (χ1n) is 6.66. The molecule has 2 aromatic rings. The minimum atomic E-state index is -4.47. The number of hydrogen-bond donors (Lipinski definition) is 1. The van der Waals surface area contributed by atoms with Gasteiger partial charge in [-0.1, -0.05) is 29.8 Å². The number of halogens is 4. The van der Waals surface area contributed by atoms with Gasteiger partial charge < -0.3 is 10.1 Å². The molecule has 0 aromatic heterocycles. The number of nitrogens with one attached hydrogen (secondary N) is 1. The summed E-state index contributed by atoms with van der Waals surface area (Å²) in [6, 6.07) is 11.0. The van der Waals surface area contributed by atoms with Crippen molar-refractivity contribution in [3.8, 4) is 5.75 Å². The predicted octanol–water partition coefficient (Wildman–Crippen LogP) is 4.76. The maximum Gasteiger partial charge on any atom is 0.416 e. The van der Waals surface area contributed by atoms with Crippen LogP contribution in [0.5, 0.6) is 5.75 Å². The van der Waals surface area contributed by atoms with Gasteiger partial charge in [0.25, 0.3) is 5.91 Å². The fourth-order valence-electron chi connectivity index (χ4n) is 1.80. The van der Waals surface area contributed by atoms with Gasteiger partial charge in [-0.2, -0.15) is 13.2 Å². The molecular weight excluding hydrogens is 331 g/mol. The third kappa shape index (κ3) is 4.63. The van der Waals surface area contributed by atoms with Gasteiger partial charge in [0.2, 0.25) is 0 Å². The molecule has 122 valence electrons. The maximum absolute atomic E-state index is 12.6. The minimum absolute atomic E-state index is 0.0411. The summed E-state index contributed by atoms with van der Waals surface area (Å²) in [5, 5.41) is 2.73. The Kier molecular flexibility index (Phi) is 5.15. The molecule has 0 heterocycles. The number of ether oxygens (including phenoxy) is 1. The van der Waals surface area contributed by atoms with Crippen LogP contribution in [0.2, 0.25) is 5.02 Å². The molecule has 0 bridgehead atoms. The molecule has 0 aliphatic rings. The van der Waals surface area contributed by atoms with Crippen LogP contribution in [0.15, 0.2) is 48.5 Å². The number of hydrogen-bond acceptors (Lipinski definition) is 2. The Morgan fingerprint density at radius 1 is 1.17 bits per heavy atom. The van der Waals surface area contributed by atoms with Crippen LogP contribution >= 0.6 is 11.6 Å². The zero-order valence-corrected chi connectivity index (χ0v) is 12.8. The number of anilines is 1. The summed E-state index contributed by atoms with van der Waals surface area (Å²) >= 11 is 5.92. The molecule has 3 nitrogen and oxygen atoms in total. The van der Waals surface area contributed by atoms with Crippen LogP contribution in [0.1, 0.15) is 12.5 Å². The van der Waals surface area contributed by atoms with Crippen molar-refractivity contribution in [3.05, 3.63) is 59.1 Å². The van der Waals surface area contributed by atoms with Gasteiger partial charge in [0.15, 0.2) is 6.10 Å². The standard InChI is InChI=1S/C16H13ClF3NO2/c1-10(23-14-8-3-2-7-13(14)17)15(22)21-12-6-4-5-11(9-12)16(18,19)20/h2-10H,1H3,(H,21,22). The molecule has 7 heteroatoms. The summed E-state index contributed by atoms with van der Waals surface area (Å²) in [6.07, 6.45) is -5.40. The zero-order chi connectivity index (χ0) is 17.0. The van der Waals surface area contributed by atoms with Crippen molar-refractivity contribution in [2.24, 2.45) is 0 Å². The summed E-state index contributed by atoms with van der Waals surface area (Å²) in [7, 11) is 0. The first-order chi connectivity index (χ1) is 10.8. The molecule has 1 atom stereocenters. The average Bonchev–Trinajstić information content (AvgIpc) is 2.49. The lowest BCUT2D eigenvalue weighted by Gasteiger charge is -2.16. The lowest BCUT2D eigenvalue weighted by atomic mass is 10.2. The van der Waals surface area contributed by atoms with E-state index in [1.54, 1.807) is 24.3 Å². The third-order valence-electron chi connectivity index (χ3n) is 2.97. The number of carbonyl (C=O) groups is 1. The summed E-state index contributed by atoms with van der Waals surface area (Å²) in [6.45, 7) is 1.48. The minimum Gasteiger partial charge on any atom is -0.479 e. The highest BCUT2D eigenvalue weighted by atomic mass is 35.5. The lowest BCUT2D eigenvalue weighted by Crippen LogP contribution is -2.30. The van der Waals surface area contributed by atoms with E-state index in [9.17, 15) is 18.0 Å². The van der Waals surface area contributed by atoms with E-state index in [2.05, 4.69) is 5.32 Å². The number of carbonyl (C=O) groups excluding carboxylic acids is 1. The quantitative estimate of drug-likeness (QED) is 0.868. The van der Waals surface area contributed by atoms with Crippen molar-refractivity contribution in [3.63, 3.8) is 0 Å². The summed E-state index contributed by atoms with van der Waals surface area (Å²) in [5.74, 6) is -0.259. The zero-order valence-electron chi connectivity index (χ0n) is 12.0. The SMILES string of the molecule is CC(Oc1ccccc1Cl)C(=O)Nc1cccc(C(F)(F)F)c1. The lowest BCUT2D eigenvalue weighted by molar-refractivity contribution is -0.137. The van der Waals surface area contributed by atoms with Gasteiger partial charge >= 0.3 is 6.18 Å². The molecule has 1 N–H and O–H groups in total. The Balaban J connectivity index is 2.06. The predicted molar refractivity (Wildman–Crippen MR) is 81.6 cm³/mol. The van der Waals surface area contributed by atoms with Crippen LogP contribution in [0.3, 0.4) is 0 Å². The number of amides is 1. The van der Waals surface area contributed by atoms with Crippen LogP contribution in [0, 0.1) is 0 Å². The number of para-hydroxylation sites is 1. The van der Waals surface area contributed by atoms with E-state index in [0.717, 1.165) is 12.1 Å². The molecule has 23 heavy (non-hydrogen) atoms. The fraction of sp³-hybridized carbons (Fsp3) is 0.188. The monoisotopic (exact) mass is 343 g/mol. The largest absolute Gasteiger partial charge is 0.479 e. The number of benzene rings is 2. The highest BCUT2D eigenvalue weighted by Crippen LogP contribution is 2.30. The molecule has 0 aliphatic heterocycles. The van der Waals surface area contributed by atoms with Gasteiger partial charge in [-0.3, -0.25) is 4.79 Å². The van der Waals surface area contributed by atoms with E-state index >= 15 is 0 Å². The van der Waals surface area contributed by atoms with E-state index in [-0.39, 0.29) is 5.69 Å². The van der Waals surface area contributed by atoms with Crippen LogP contribution in [-0.4, -0.2) is 12.0 Å². The van der Waals surface area contributed by atoms with E-state index in [1.165, 1.54) is 19.1 Å².